The number of aromatic nitrogens is 4. The van der Waals surface area contributed by atoms with E-state index >= 15 is 0 Å². The highest BCUT2D eigenvalue weighted by atomic mass is 16.2. The van der Waals surface area contributed by atoms with Crippen LogP contribution in [0.25, 0.3) is 33.5 Å². The lowest BCUT2D eigenvalue weighted by Crippen LogP contribution is -2.26. The Bertz CT molecular complexity index is 1130. The summed E-state index contributed by atoms with van der Waals surface area (Å²) in [5.41, 5.74) is 4.78. The second kappa shape index (κ2) is 4.23. The third kappa shape index (κ3) is 1.62. The Morgan fingerprint density at radius 3 is 2.79 bits per heavy atom. The van der Waals surface area contributed by atoms with Crippen molar-refractivity contribution in [3.05, 3.63) is 42.0 Å². The van der Waals surface area contributed by atoms with Gasteiger partial charge in [0, 0.05) is 11.1 Å². The summed E-state index contributed by atoms with van der Waals surface area (Å²) in [7, 11) is 0. The highest BCUT2D eigenvalue weighted by Crippen LogP contribution is 2.39. The maximum Gasteiger partial charge on any atom is 0.234 e. The molecular weight excluding hydrogens is 302 g/mol. The number of rotatable bonds is 1. The lowest BCUT2D eigenvalue weighted by molar-refractivity contribution is -0.119. The van der Waals surface area contributed by atoms with Crippen molar-refractivity contribution in [1.82, 2.24) is 20.2 Å². The van der Waals surface area contributed by atoms with Gasteiger partial charge in [-0.05, 0) is 37.6 Å². The minimum absolute atomic E-state index is 0.0173. The standard InChI is InChI=1S/C18H15N5O/c1-18(2)10-7-13-14(8-12(10)21-17(18)24)20-16(19-13)15-9-5-3-4-6-11(9)22-23-15/h3-8H,1-2H3,(H,19,20)(H,21,24)(H,22,23). The number of H-pyrrole nitrogens is 2. The van der Waals surface area contributed by atoms with Crippen LogP contribution < -0.4 is 5.32 Å². The molecule has 24 heavy (non-hydrogen) atoms. The molecule has 0 radical (unpaired) electrons. The van der Waals surface area contributed by atoms with Crippen molar-refractivity contribution >= 4 is 33.5 Å². The molecule has 6 heteroatoms. The molecule has 0 bridgehead atoms. The number of hydrogen-bond donors (Lipinski definition) is 3. The van der Waals surface area contributed by atoms with Crippen LogP contribution in [0.15, 0.2) is 36.4 Å². The van der Waals surface area contributed by atoms with Crippen LogP contribution in [-0.2, 0) is 10.2 Å². The maximum atomic E-state index is 12.1. The Balaban J connectivity index is 1.72. The summed E-state index contributed by atoms with van der Waals surface area (Å²) in [6, 6.07) is 11.9. The maximum absolute atomic E-state index is 12.1. The molecule has 1 aliphatic rings. The summed E-state index contributed by atoms with van der Waals surface area (Å²) in [4.78, 5) is 20.1. The fraction of sp³-hybridized carbons (Fsp3) is 0.167. The van der Waals surface area contributed by atoms with Crippen LogP contribution in [0.1, 0.15) is 19.4 Å². The van der Waals surface area contributed by atoms with E-state index in [-0.39, 0.29) is 5.91 Å². The smallest absolute Gasteiger partial charge is 0.234 e. The van der Waals surface area contributed by atoms with E-state index in [1.807, 2.05) is 50.2 Å². The summed E-state index contributed by atoms with van der Waals surface area (Å²) in [5, 5.41) is 11.4. The van der Waals surface area contributed by atoms with Crippen LogP contribution in [0, 0.1) is 0 Å². The van der Waals surface area contributed by atoms with Gasteiger partial charge in [-0.2, -0.15) is 5.10 Å². The van der Waals surface area contributed by atoms with E-state index < -0.39 is 5.41 Å². The number of nitrogens with one attached hydrogen (secondary N) is 3. The Morgan fingerprint density at radius 2 is 1.92 bits per heavy atom. The van der Waals surface area contributed by atoms with E-state index in [0.717, 1.165) is 44.7 Å². The molecule has 4 aromatic rings. The van der Waals surface area contributed by atoms with Gasteiger partial charge in [0.15, 0.2) is 5.82 Å². The van der Waals surface area contributed by atoms with Crippen molar-refractivity contribution in [2.24, 2.45) is 0 Å². The van der Waals surface area contributed by atoms with Crippen LogP contribution >= 0.6 is 0 Å². The first-order chi connectivity index (χ1) is 11.5. The van der Waals surface area contributed by atoms with Crippen molar-refractivity contribution < 1.29 is 4.79 Å². The molecule has 0 spiro atoms. The average Bonchev–Trinajstić information content (AvgIpc) is 3.21. The molecule has 2 aromatic heterocycles. The number of para-hydroxylation sites is 1. The summed E-state index contributed by atoms with van der Waals surface area (Å²) in [6.45, 7) is 3.86. The average molecular weight is 317 g/mol. The molecule has 0 fully saturated rings. The van der Waals surface area contributed by atoms with E-state index in [1.54, 1.807) is 0 Å². The topological polar surface area (TPSA) is 86.5 Å². The van der Waals surface area contributed by atoms with E-state index in [2.05, 4.69) is 25.5 Å². The summed E-state index contributed by atoms with van der Waals surface area (Å²) < 4.78 is 0. The fourth-order valence-electron chi connectivity index (χ4n) is 3.33. The molecule has 6 nitrogen and oxygen atoms in total. The zero-order valence-electron chi connectivity index (χ0n) is 13.3. The van der Waals surface area contributed by atoms with Gasteiger partial charge in [-0.15, -0.1) is 0 Å². The van der Waals surface area contributed by atoms with Crippen molar-refractivity contribution in [3.63, 3.8) is 0 Å². The molecule has 118 valence electrons. The van der Waals surface area contributed by atoms with Gasteiger partial charge in [0.2, 0.25) is 5.91 Å². The number of carbonyl (C=O) groups excluding carboxylic acids is 1. The van der Waals surface area contributed by atoms with Crippen LogP contribution in [0.3, 0.4) is 0 Å². The van der Waals surface area contributed by atoms with Crippen molar-refractivity contribution in [2.45, 2.75) is 19.3 Å². The number of anilines is 1. The molecule has 0 atom stereocenters. The SMILES string of the molecule is CC1(C)C(=O)Nc2cc3nc(-c4n[nH]c5ccccc45)[nH]c3cc21. The number of imidazole rings is 1. The van der Waals surface area contributed by atoms with Crippen molar-refractivity contribution in [2.75, 3.05) is 5.32 Å². The zero-order valence-corrected chi connectivity index (χ0v) is 13.3. The van der Waals surface area contributed by atoms with Gasteiger partial charge in [-0.1, -0.05) is 18.2 Å². The van der Waals surface area contributed by atoms with Gasteiger partial charge in [-0.25, -0.2) is 4.98 Å². The molecule has 1 aliphatic heterocycles. The van der Waals surface area contributed by atoms with Gasteiger partial charge < -0.3 is 10.3 Å². The second-order valence-corrected chi connectivity index (χ2v) is 6.70. The number of hydrogen-bond acceptors (Lipinski definition) is 3. The molecule has 3 N–H and O–H groups in total. The molecule has 2 aromatic carbocycles. The number of nitrogens with zero attached hydrogens (tertiary/aromatic N) is 2. The number of benzene rings is 2. The van der Waals surface area contributed by atoms with E-state index in [0.29, 0.717) is 0 Å². The normalized spacial score (nSPS) is 15.8. The van der Waals surface area contributed by atoms with Gasteiger partial charge in [-0.3, -0.25) is 9.89 Å². The lowest BCUT2D eigenvalue weighted by Gasteiger charge is -2.14. The Morgan fingerprint density at radius 1 is 1.08 bits per heavy atom. The van der Waals surface area contributed by atoms with Gasteiger partial charge in [0.1, 0.15) is 5.69 Å². The predicted octanol–water partition coefficient (Wildman–Crippen LogP) is 3.34. The van der Waals surface area contributed by atoms with E-state index in [9.17, 15) is 4.79 Å². The van der Waals surface area contributed by atoms with Crippen LogP contribution in [0.2, 0.25) is 0 Å². The Labute approximate surface area is 137 Å². The summed E-state index contributed by atoms with van der Waals surface area (Å²) >= 11 is 0. The molecule has 1 amide bonds. The predicted molar refractivity (Wildman–Crippen MR) is 92.8 cm³/mol. The van der Waals surface area contributed by atoms with E-state index in [1.165, 1.54) is 0 Å². The van der Waals surface area contributed by atoms with Crippen LogP contribution in [0.4, 0.5) is 5.69 Å². The molecule has 5 rings (SSSR count). The first-order valence-electron chi connectivity index (χ1n) is 7.83. The first-order valence-corrected chi connectivity index (χ1v) is 7.83. The first kappa shape index (κ1) is 13.3. The third-order valence-corrected chi connectivity index (χ3v) is 4.81. The van der Waals surface area contributed by atoms with Crippen molar-refractivity contribution in [1.29, 1.82) is 0 Å². The quantitative estimate of drug-likeness (QED) is 0.503. The molecule has 3 heterocycles. The highest BCUT2D eigenvalue weighted by Gasteiger charge is 2.38. The lowest BCUT2D eigenvalue weighted by atomic mass is 9.86. The number of amides is 1. The largest absolute Gasteiger partial charge is 0.337 e. The Hall–Kier alpha value is -3.15. The molecule has 0 saturated heterocycles. The van der Waals surface area contributed by atoms with Gasteiger partial charge in [0.25, 0.3) is 0 Å². The second-order valence-electron chi connectivity index (χ2n) is 6.70. The third-order valence-electron chi connectivity index (χ3n) is 4.81. The summed E-state index contributed by atoms with van der Waals surface area (Å²) in [6.07, 6.45) is 0. The summed E-state index contributed by atoms with van der Waals surface area (Å²) in [5.74, 6) is 0.735. The monoisotopic (exact) mass is 317 g/mol. The van der Waals surface area contributed by atoms with Crippen LogP contribution in [0.5, 0.6) is 0 Å². The number of carbonyl (C=O) groups is 1. The Kier molecular flexibility index (Phi) is 2.34. The molecule has 0 saturated carbocycles. The zero-order chi connectivity index (χ0) is 16.5. The minimum Gasteiger partial charge on any atom is -0.337 e. The van der Waals surface area contributed by atoms with Gasteiger partial charge >= 0.3 is 0 Å². The highest BCUT2D eigenvalue weighted by molar-refractivity contribution is 6.08. The number of aromatic amines is 2. The molecular formula is C18H15N5O. The molecule has 0 unspecified atom stereocenters. The molecule has 0 aliphatic carbocycles. The fourth-order valence-corrected chi connectivity index (χ4v) is 3.33. The number of fused-ring (bicyclic) bond motifs is 3. The van der Waals surface area contributed by atoms with Crippen LogP contribution in [-0.4, -0.2) is 26.1 Å². The van der Waals surface area contributed by atoms with E-state index in [4.69, 9.17) is 0 Å². The minimum atomic E-state index is -0.534. The van der Waals surface area contributed by atoms with Crippen molar-refractivity contribution in [3.8, 4) is 11.5 Å². The van der Waals surface area contributed by atoms with Gasteiger partial charge in [0.05, 0.1) is 22.0 Å².